The quantitative estimate of drug-likeness (QED) is 0.584. The topological polar surface area (TPSA) is 63.7 Å². The Bertz CT molecular complexity index is 842. The van der Waals surface area contributed by atoms with Gasteiger partial charge in [-0.3, -0.25) is 13.9 Å². The fraction of sp³-hybridized carbons (Fsp3) is 0.118. The number of carbonyl (C=O) groups is 1. The summed E-state index contributed by atoms with van der Waals surface area (Å²) in [6, 6.07) is 14.1. The molecule has 0 saturated heterocycles. The molecule has 0 unspecified atom stereocenters. The van der Waals surface area contributed by atoms with Gasteiger partial charge >= 0.3 is 0 Å². The summed E-state index contributed by atoms with van der Waals surface area (Å²) < 4.78 is 29.0. The van der Waals surface area contributed by atoms with E-state index in [1.54, 1.807) is 30.3 Å². The molecular formula is C17H14ClNO4S. The van der Waals surface area contributed by atoms with Crippen molar-refractivity contribution in [3.63, 3.8) is 0 Å². The van der Waals surface area contributed by atoms with E-state index in [1.807, 2.05) is 0 Å². The number of halogens is 1. The fourth-order valence-corrected chi connectivity index (χ4v) is 2.89. The summed E-state index contributed by atoms with van der Waals surface area (Å²) in [5.41, 5.74) is 0.563. The predicted octanol–water partition coefficient (Wildman–Crippen LogP) is 2.71. The molecule has 0 atom stereocenters. The third kappa shape index (κ3) is 4.59. The van der Waals surface area contributed by atoms with Gasteiger partial charge in [0.15, 0.2) is 0 Å². The van der Waals surface area contributed by atoms with E-state index in [0.29, 0.717) is 10.7 Å². The minimum Gasteiger partial charge on any atom is -0.299 e. The van der Waals surface area contributed by atoms with Crippen LogP contribution in [0.5, 0.6) is 0 Å². The summed E-state index contributed by atoms with van der Waals surface area (Å²) in [4.78, 5) is 13.5. The van der Waals surface area contributed by atoms with Gasteiger partial charge in [-0.2, -0.15) is 8.42 Å². The van der Waals surface area contributed by atoms with E-state index in [2.05, 4.69) is 5.92 Å². The van der Waals surface area contributed by atoms with Gasteiger partial charge in [0, 0.05) is 10.7 Å². The lowest BCUT2D eigenvalue weighted by molar-refractivity contribution is -0.120. The van der Waals surface area contributed by atoms with Crippen LogP contribution in [0.3, 0.4) is 0 Å². The van der Waals surface area contributed by atoms with E-state index in [0.717, 1.165) is 0 Å². The van der Waals surface area contributed by atoms with Gasteiger partial charge in [0.1, 0.15) is 6.61 Å². The van der Waals surface area contributed by atoms with Gasteiger partial charge in [0.05, 0.1) is 11.4 Å². The van der Waals surface area contributed by atoms with Crippen LogP contribution in [-0.4, -0.2) is 27.5 Å². The molecule has 0 fully saturated rings. The number of nitrogens with zero attached hydrogens (tertiary/aromatic N) is 1. The Morgan fingerprint density at radius 2 is 1.75 bits per heavy atom. The average Bonchev–Trinajstić information content (AvgIpc) is 2.59. The van der Waals surface area contributed by atoms with Gasteiger partial charge in [-0.1, -0.05) is 35.7 Å². The van der Waals surface area contributed by atoms with Crippen LogP contribution in [0.25, 0.3) is 0 Å². The highest BCUT2D eigenvalue weighted by molar-refractivity contribution is 7.86. The normalized spacial score (nSPS) is 10.8. The fourth-order valence-electron chi connectivity index (χ4n) is 1.90. The maximum Gasteiger partial charge on any atom is 0.297 e. The Labute approximate surface area is 145 Å². The predicted molar refractivity (Wildman–Crippen MR) is 92.2 cm³/mol. The van der Waals surface area contributed by atoms with Crippen LogP contribution >= 0.6 is 11.6 Å². The lowest BCUT2D eigenvalue weighted by Crippen LogP contribution is -2.35. The SMILES string of the molecule is C#CCN(C(=O)COS(=O)(=O)c1ccc(Cl)cc1)c1ccccc1. The van der Waals surface area contributed by atoms with E-state index < -0.39 is 22.6 Å². The van der Waals surface area contributed by atoms with Gasteiger partial charge in [-0.05, 0) is 36.4 Å². The highest BCUT2D eigenvalue weighted by Crippen LogP contribution is 2.17. The first-order valence-corrected chi connectivity index (χ1v) is 8.66. The lowest BCUT2D eigenvalue weighted by Gasteiger charge is -2.20. The van der Waals surface area contributed by atoms with Gasteiger partial charge < -0.3 is 0 Å². The van der Waals surface area contributed by atoms with Gasteiger partial charge in [0.25, 0.3) is 16.0 Å². The van der Waals surface area contributed by atoms with Crippen molar-refractivity contribution in [3.05, 3.63) is 59.6 Å². The Morgan fingerprint density at radius 1 is 1.12 bits per heavy atom. The number of terminal acetylenes is 1. The first kappa shape index (κ1) is 18.0. The molecule has 24 heavy (non-hydrogen) atoms. The van der Waals surface area contributed by atoms with Crippen LogP contribution in [-0.2, 0) is 19.1 Å². The first-order valence-electron chi connectivity index (χ1n) is 6.88. The number of benzene rings is 2. The molecular weight excluding hydrogens is 350 g/mol. The van der Waals surface area contributed by atoms with Gasteiger partial charge in [-0.25, -0.2) is 0 Å². The molecule has 2 rings (SSSR count). The van der Waals surface area contributed by atoms with Gasteiger partial charge in [-0.15, -0.1) is 6.42 Å². The summed E-state index contributed by atoms with van der Waals surface area (Å²) >= 11 is 5.72. The maximum atomic E-state index is 12.3. The molecule has 0 N–H and O–H groups in total. The number of hydrogen-bond acceptors (Lipinski definition) is 4. The second kappa shape index (κ2) is 7.97. The van der Waals surface area contributed by atoms with Crippen LogP contribution in [0.2, 0.25) is 5.02 Å². The van der Waals surface area contributed by atoms with E-state index in [1.165, 1.54) is 29.2 Å². The minimum atomic E-state index is -4.06. The van der Waals surface area contributed by atoms with Crippen molar-refractivity contribution in [1.29, 1.82) is 0 Å². The van der Waals surface area contributed by atoms with Crippen LogP contribution < -0.4 is 4.90 Å². The van der Waals surface area contributed by atoms with Crippen molar-refractivity contribution in [3.8, 4) is 12.3 Å². The number of carbonyl (C=O) groups excluding carboxylic acids is 1. The van der Waals surface area contributed by atoms with Crippen LogP contribution in [0.15, 0.2) is 59.5 Å². The minimum absolute atomic E-state index is 0.00714. The largest absolute Gasteiger partial charge is 0.299 e. The average molecular weight is 364 g/mol. The van der Waals surface area contributed by atoms with E-state index in [-0.39, 0.29) is 11.4 Å². The molecule has 7 heteroatoms. The van der Waals surface area contributed by atoms with Crippen LogP contribution in [0.1, 0.15) is 0 Å². The lowest BCUT2D eigenvalue weighted by atomic mass is 10.3. The monoisotopic (exact) mass is 363 g/mol. The number of amides is 1. The molecule has 2 aromatic rings. The zero-order valence-corrected chi connectivity index (χ0v) is 14.1. The zero-order chi connectivity index (χ0) is 17.6. The van der Waals surface area contributed by atoms with Crippen molar-refractivity contribution in [1.82, 2.24) is 0 Å². The molecule has 1 amide bonds. The second-order valence-electron chi connectivity index (χ2n) is 4.69. The Balaban J connectivity index is 2.10. The molecule has 0 spiro atoms. The number of hydrogen-bond donors (Lipinski definition) is 0. The molecule has 0 aliphatic heterocycles. The van der Waals surface area contributed by atoms with Crippen molar-refractivity contribution in [2.45, 2.75) is 4.90 Å². The Morgan fingerprint density at radius 3 is 2.33 bits per heavy atom. The van der Waals surface area contributed by atoms with Crippen LogP contribution in [0.4, 0.5) is 5.69 Å². The smallest absolute Gasteiger partial charge is 0.297 e. The molecule has 0 aliphatic rings. The molecule has 0 radical (unpaired) electrons. The zero-order valence-electron chi connectivity index (χ0n) is 12.6. The van der Waals surface area contributed by atoms with Crippen molar-refractivity contribution >= 4 is 33.3 Å². The molecule has 124 valence electrons. The molecule has 0 bridgehead atoms. The number of anilines is 1. The van der Waals surface area contributed by atoms with E-state index in [4.69, 9.17) is 22.2 Å². The highest BCUT2D eigenvalue weighted by Gasteiger charge is 2.21. The van der Waals surface area contributed by atoms with Crippen LogP contribution in [0, 0.1) is 12.3 Å². The molecule has 2 aromatic carbocycles. The van der Waals surface area contributed by atoms with E-state index in [9.17, 15) is 13.2 Å². The number of para-hydroxylation sites is 1. The summed E-state index contributed by atoms with van der Waals surface area (Å²) in [5.74, 6) is 1.81. The Hall–Kier alpha value is -2.33. The standard InChI is InChI=1S/C17H14ClNO4S/c1-2-12-19(15-6-4-3-5-7-15)17(20)13-23-24(21,22)16-10-8-14(18)9-11-16/h1,3-11H,12-13H2. The molecule has 0 heterocycles. The summed E-state index contributed by atoms with van der Waals surface area (Å²) in [6.07, 6.45) is 5.28. The molecule has 0 saturated carbocycles. The summed E-state index contributed by atoms with van der Waals surface area (Å²) in [5, 5.41) is 0.397. The molecule has 5 nitrogen and oxygen atoms in total. The van der Waals surface area contributed by atoms with Crippen molar-refractivity contribution in [2.75, 3.05) is 18.1 Å². The second-order valence-corrected chi connectivity index (χ2v) is 6.74. The summed E-state index contributed by atoms with van der Waals surface area (Å²) in [6.45, 7) is -0.644. The first-order chi connectivity index (χ1) is 11.4. The third-order valence-electron chi connectivity index (χ3n) is 3.06. The highest BCUT2D eigenvalue weighted by atomic mass is 35.5. The van der Waals surface area contributed by atoms with E-state index >= 15 is 0 Å². The molecule has 0 aliphatic carbocycles. The maximum absolute atomic E-state index is 12.3. The molecule has 0 aromatic heterocycles. The Kier molecular flexibility index (Phi) is 5.99. The van der Waals surface area contributed by atoms with Crippen molar-refractivity contribution < 1.29 is 17.4 Å². The van der Waals surface area contributed by atoms with Gasteiger partial charge in [0.2, 0.25) is 0 Å². The van der Waals surface area contributed by atoms with Crippen molar-refractivity contribution in [2.24, 2.45) is 0 Å². The third-order valence-corrected chi connectivity index (χ3v) is 4.59. The number of rotatable bonds is 6. The summed E-state index contributed by atoms with van der Waals surface area (Å²) in [7, 11) is -4.06.